The van der Waals surface area contributed by atoms with Crippen molar-refractivity contribution in [1.29, 1.82) is 0 Å². The predicted molar refractivity (Wildman–Crippen MR) is 117 cm³/mol. The largest absolute Gasteiger partial charge is 0.335 e. The number of carbonyl (C=O) groups is 1. The van der Waals surface area contributed by atoms with Crippen LogP contribution >= 0.6 is 0 Å². The average molecular weight is 457 g/mol. The minimum atomic E-state index is -3.69. The van der Waals surface area contributed by atoms with Gasteiger partial charge >= 0.3 is 0 Å². The lowest BCUT2D eigenvalue weighted by Crippen LogP contribution is -2.43. The number of amides is 1. The third-order valence-corrected chi connectivity index (χ3v) is 9.92. The number of hydrogen-bond donors (Lipinski definition) is 0. The van der Waals surface area contributed by atoms with E-state index in [1.165, 1.54) is 10.4 Å². The highest BCUT2D eigenvalue weighted by atomic mass is 32.2. The third kappa shape index (κ3) is 4.73. The molecule has 3 rings (SSSR count). The molecule has 2 aliphatic rings. The van der Waals surface area contributed by atoms with E-state index in [1.807, 2.05) is 13.8 Å². The SMILES string of the molecule is CCCN(C(=O)c1cc(S(=O)(=O)N2CCCCC2C)ccc1C)C1CCS(=O)(=O)C1. The highest BCUT2D eigenvalue weighted by molar-refractivity contribution is 7.91. The molecule has 0 bridgehead atoms. The zero-order valence-electron chi connectivity index (χ0n) is 18.0. The standard InChI is InChI=1S/C21H32N2O5S2/c1-4-11-22(18-10-13-29(25,26)15-18)21(24)20-14-19(9-8-16(20)2)30(27,28)23-12-6-5-7-17(23)3/h8-9,14,17-18H,4-7,10-13,15H2,1-3H3. The summed E-state index contributed by atoms with van der Waals surface area (Å²) in [7, 11) is -6.83. The van der Waals surface area contributed by atoms with Gasteiger partial charge in [-0.25, -0.2) is 16.8 Å². The first-order chi connectivity index (χ1) is 14.1. The van der Waals surface area contributed by atoms with Crippen LogP contribution in [0.25, 0.3) is 0 Å². The molecule has 0 spiro atoms. The van der Waals surface area contributed by atoms with Gasteiger partial charge in [-0.05, 0) is 57.2 Å². The molecule has 2 aliphatic heterocycles. The monoisotopic (exact) mass is 456 g/mol. The highest BCUT2D eigenvalue weighted by Crippen LogP contribution is 2.28. The molecule has 30 heavy (non-hydrogen) atoms. The third-order valence-electron chi connectivity index (χ3n) is 6.16. The molecule has 0 N–H and O–H groups in total. The summed E-state index contributed by atoms with van der Waals surface area (Å²) < 4.78 is 51.9. The molecule has 2 fully saturated rings. The van der Waals surface area contributed by atoms with E-state index in [4.69, 9.17) is 0 Å². The van der Waals surface area contributed by atoms with Gasteiger partial charge in [-0.15, -0.1) is 0 Å². The molecule has 2 unspecified atom stereocenters. The van der Waals surface area contributed by atoms with E-state index in [9.17, 15) is 21.6 Å². The predicted octanol–water partition coefficient (Wildman–Crippen LogP) is 2.60. The van der Waals surface area contributed by atoms with E-state index >= 15 is 0 Å². The number of carbonyl (C=O) groups excluding carboxylic acids is 1. The molecule has 1 aromatic rings. The van der Waals surface area contributed by atoms with Crippen LogP contribution in [0.2, 0.25) is 0 Å². The molecule has 0 radical (unpaired) electrons. The first-order valence-electron chi connectivity index (χ1n) is 10.7. The highest BCUT2D eigenvalue weighted by Gasteiger charge is 2.36. The van der Waals surface area contributed by atoms with E-state index in [-0.39, 0.29) is 34.4 Å². The fourth-order valence-corrected chi connectivity index (χ4v) is 7.88. The number of aryl methyl sites for hydroxylation is 1. The van der Waals surface area contributed by atoms with Crippen LogP contribution in [-0.4, -0.2) is 68.6 Å². The second-order valence-corrected chi connectivity index (χ2v) is 12.6. The van der Waals surface area contributed by atoms with E-state index in [0.717, 1.165) is 19.3 Å². The van der Waals surface area contributed by atoms with Gasteiger partial charge < -0.3 is 4.90 Å². The van der Waals surface area contributed by atoms with Crippen LogP contribution in [0.1, 0.15) is 61.9 Å². The maximum Gasteiger partial charge on any atom is 0.254 e. The van der Waals surface area contributed by atoms with Crippen molar-refractivity contribution in [1.82, 2.24) is 9.21 Å². The molecule has 7 nitrogen and oxygen atoms in total. The molecule has 2 saturated heterocycles. The summed E-state index contributed by atoms with van der Waals surface area (Å²) in [6, 6.07) is 4.28. The Hall–Kier alpha value is -1.45. The molecule has 168 valence electrons. The first kappa shape index (κ1) is 23.2. The molecular weight excluding hydrogens is 424 g/mol. The van der Waals surface area contributed by atoms with Crippen LogP contribution in [-0.2, 0) is 19.9 Å². The Morgan fingerprint density at radius 3 is 2.57 bits per heavy atom. The van der Waals surface area contributed by atoms with E-state index in [1.54, 1.807) is 24.0 Å². The van der Waals surface area contributed by atoms with Crippen LogP contribution in [0.3, 0.4) is 0 Å². The number of sulfonamides is 1. The van der Waals surface area contributed by atoms with Gasteiger partial charge in [0.1, 0.15) is 0 Å². The van der Waals surface area contributed by atoms with Gasteiger partial charge in [-0.1, -0.05) is 19.4 Å². The lowest BCUT2D eigenvalue weighted by atomic mass is 10.1. The summed E-state index contributed by atoms with van der Waals surface area (Å²) in [5.41, 5.74) is 1.02. The lowest BCUT2D eigenvalue weighted by molar-refractivity contribution is 0.0696. The summed E-state index contributed by atoms with van der Waals surface area (Å²) >= 11 is 0. The Bertz CT molecular complexity index is 1000. The Kier molecular flexibility index (Phi) is 6.94. The topological polar surface area (TPSA) is 91.8 Å². The van der Waals surface area contributed by atoms with Crippen molar-refractivity contribution in [3.8, 4) is 0 Å². The number of rotatable bonds is 6. The van der Waals surface area contributed by atoms with Crippen molar-refractivity contribution in [3.63, 3.8) is 0 Å². The van der Waals surface area contributed by atoms with Gasteiger partial charge in [0.2, 0.25) is 10.0 Å². The maximum atomic E-state index is 13.4. The number of sulfone groups is 1. The molecule has 0 aromatic heterocycles. The Balaban J connectivity index is 1.94. The van der Waals surface area contributed by atoms with Crippen LogP contribution in [0.5, 0.6) is 0 Å². The van der Waals surface area contributed by atoms with Crippen LogP contribution in [0.15, 0.2) is 23.1 Å². The lowest BCUT2D eigenvalue weighted by Gasteiger charge is -2.32. The quantitative estimate of drug-likeness (QED) is 0.656. The zero-order chi connectivity index (χ0) is 22.1. The summed E-state index contributed by atoms with van der Waals surface area (Å²) in [6.07, 6.45) is 3.81. The molecule has 0 aliphatic carbocycles. The van der Waals surface area contributed by atoms with Gasteiger partial charge in [0.05, 0.1) is 16.4 Å². The van der Waals surface area contributed by atoms with E-state index in [0.29, 0.717) is 37.1 Å². The number of benzene rings is 1. The van der Waals surface area contributed by atoms with Crippen molar-refractivity contribution in [2.75, 3.05) is 24.6 Å². The minimum Gasteiger partial charge on any atom is -0.335 e. The molecule has 1 amide bonds. The molecule has 2 heterocycles. The van der Waals surface area contributed by atoms with Gasteiger partial charge in [-0.2, -0.15) is 4.31 Å². The fraction of sp³-hybridized carbons (Fsp3) is 0.667. The van der Waals surface area contributed by atoms with Crippen molar-refractivity contribution in [2.45, 2.75) is 69.9 Å². The summed E-state index contributed by atoms with van der Waals surface area (Å²) in [6.45, 7) is 6.57. The smallest absolute Gasteiger partial charge is 0.254 e. The second-order valence-electron chi connectivity index (χ2n) is 8.49. The van der Waals surface area contributed by atoms with Crippen molar-refractivity contribution in [3.05, 3.63) is 29.3 Å². The summed E-state index contributed by atoms with van der Waals surface area (Å²) in [5, 5.41) is 0. The molecule has 0 saturated carbocycles. The van der Waals surface area contributed by atoms with Crippen LogP contribution in [0.4, 0.5) is 0 Å². The fourth-order valence-electron chi connectivity index (χ4n) is 4.42. The van der Waals surface area contributed by atoms with Gasteiger partial charge in [0, 0.05) is 30.7 Å². The molecule has 2 atom stereocenters. The normalized spacial score (nSPS) is 24.6. The van der Waals surface area contributed by atoms with Crippen LogP contribution < -0.4 is 0 Å². The zero-order valence-corrected chi connectivity index (χ0v) is 19.6. The molecule has 1 aromatic carbocycles. The Labute approximate surface area is 180 Å². The van der Waals surface area contributed by atoms with Gasteiger partial charge in [-0.3, -0.25) is 4.79 Å². The molecule has 9 heteroatoms. The molecular formula is C21H32N2O5S2. The van der Waals surface area contributed by atoms with Gasteiger partial charge in [0.15, 0.2) is 9.84 Å². The van der Waals surface area contributed by atoms with Crippen molar-refractivity contribution >= 4 is 25.8 Å². The van der Waals surface area contributed by atoms with Gasteiger partial charge in [0.25, 0.3) is 5.91 Å². The van der Waals surface area contributed by atoms with E-state index < -0.39 is 19.9 Å². The number of nitrogens with zero attached hydrogens (tertiary/aromatic N) is 2. The van der Waals surface area contributed by atoms with Crippen molar-refractivity contribution in [2.24, 2.45) is 0 Å². The van der Waals surface area contributed by atoms with Crippen LogP contribution in [0, 0.1) is 6.92 Å². The Morgan fingerprint density at radius 1 is 1.23 bits per heavy atom. The minimum absolute atomic E-state index is 0.0267. The average Bonchev–Trinajstić information content (AvgIpc) is 3.05. The summed E-state index contributed by atoms with van der Waals surface area (Å²) in [5.74, 6) is -0.230. The number of piperidine rings is 1. The Morgan fingerprint density at radius 2 is 1.97 bits per heavy atom. The first-order valence-corrected chi connectivity index (χ1v) is 14.0. The second kappa shape index (κ2) is 8.96. The summed E-state index contributed by atoms with van der Waals surface area (Å²) in [4.78, 5) is 15.1. The van der Waals surface area contributed by atoms with E-state index in [2.05, 4.69) is 0 Å². The maximum absolute atomic E-state index is 13.4. The number of hydrogen-bond acceptors (Lipinski definition) is 5. The van der Waals surface area contributed by atoms with Crippen molar-refractivity contribution < 1.29 is 21.6 Å².